The molecule has 37 heavy (non-hydrogen) atoms. The zero-order valence-corrected chi connectivity index (χ0v) is 21.2. The molecule has 0 aromatic heterocycles. The molecule has 5 rings (SSSR count). The van der Waals surface area contributed by atoms with Gasteiger partial charge in [0.15, 0.2) is 0 Å². The minimum absolute atomic E-state index is 0. The predicted octanol–water partition coefficient (Wildman–Crippen LogP) is 9.22. The second-order valence-electron chi connectivity index (χ2n) is 8.19. The third-order valence-corrected chi connectivity index (χ3v) is 5.66. The first-order valence-corrected chi connectivity index (χ1v) is 12.6. The molecule has 0 radical (unpaired) electrons. The molecule has 190 valence electrons. The van der Waals surface area contributed by atoms with E-state index in [9.17, 15) is 0 Å². The normalized spacial score (nSPS) is 9.43. The smallest absolute Gasteiger partial charge is 0.0474 e. The molecule has 0 atom stereocenters. The molecule has 0 unspecified atom stereocenters. The van der Waals surface area contributed by atoms with Crippen LogP contribution in [0.3, 0.4) is 0 Å². The average molecular weight is 509 g/mol. The van der Waals surface area contributed by atoms with Crippen molar-refractivity contribution in [3.05, 3.63) is 168 Å². The number of alkyl halides is 1. The van der Waals surface area contributed by atoms with E-state index >= 15 is 0 Å². The number of nitrogens with two attached hydrogens (primary N) is 1. The van der Waals surface area contributed by atoms with Crippen molar-refractivity contribution >= 4 is 23.0 Å². The number of hydrogen-bond acceptors (Lipinski definition) is 2. The summed E-state index contributed by atoms with van der Waals surface area (Å²) in [6, 6.07) is 51.3. The maximum atomic E-state index is 5.53. The highest BCUT2D eigenvalue weighted by Crippen LogP contribution is 2.19. The zero-order valence-electron chi connectivity index (χ0n) is 20.5. The minimum atomic E-state index is 0. The van der Waals surface area contributed by atoms with Gasteiger partial charge in [0, 0.05) is 30.3 Å². The first-order chi connectivity index (χ1) is 17.7. The third kappa shape index (κ3) is 11.5. The summed E-state index contributed by atoms with van der Waals surface area (Å²) in [6.45, 7) is 1.83. The Labute approximate surface area is 228 Å². The van der Waals surface area contributed by atoms with Gasteiger partial charge in [-0.15, -0.1) is 11.6 Å². The highest BCUT2D eigenvalue weighted by atomic mass is 35.5. The van der Waals surface area contributed by atoms with Crippen LogP contribution in [-0.2, 0) is 19.0 Å². The van der Waals surface area contributed by atoms with Crippen LogP contribution in [0.1, 0.15) is 24.1 Å². The predicted molar refractivity (Wildman–Crippen MR) is 163 cm³/mol. The van der Waals surface area contributed by atoms with Gasteiger partial charge < -0.3 is 10.6 Å². The van der Waals surface area contributed by atoms with Crippen LogP contribution in [0, 0.1) is 0 Å². The van der Waals surface area contributed by atoms with E-state index in [0.717, 1.165) is 18.8 Å². The van der Waals surface area contributed by atoms with Crippen LogP contribution in [0.4, 0.5) is 11.4 Å². The van der Waals surface area contributed by atoms with E-state index in [4.69, 9.17) is 17.3 Å². The van der Waals surface area contributed by atoms with Gasteiger partial charge in [-0.05, 0) is 41.0 Å². The van der Waals surface area contributed by atoms with Gasteiger partial charge in [0.25, 0.3) is 0 Å². The number of nitrogen functional groups attached to an aromatic ring is 1. The molecular weight excluding hydrogens is 472 g/mol. The Kier molecular flexibility index (Phi) is 13.8. The molecule has 0 saturated heterocycles. The molecule has 5 aromatic rings. The molecule has 3 heteroatoms. The van der Waals surface area contributed by atoms with E-state index in [1.54, 1.807) is 0 Å². The van der Waals surface area contributed by atoms with E-state index in [1.165, 1.54) is 22.4 Å². The second kappa shape index (κ2) is 17.4. The lowest BCUT2D eigenvalue weighted by molar-refractivity contribution is 0.800. The average Bonchev–Trinajstić information content (AvgIpc) is 2.96. The van der Waals surface area contributed by atoms with Gasteiger partial charge in [-0.2, -0.15) is 0 Å². The highest BCUT2D eigenvalue weighted by Gasteiger charge is 2.07. The van der Waals surface area contributed by atoms with Crippen molar-refractivity contribution in [3.8, 4) is 0 Å². The van der Waals surface area contributed by atoms with E-state index in [0.29, 0.717) is 5.88 Å². The van der Waals surface area contributed by atoms with Gasteiger partial charge >= 0.3 is 0 Å². The van der Waals surface area contributed by atoms with Gasteiger partial charge in [0.1, 0.15) is 0 Å². The SMILES string of the molecule is C.ClCc1ccccc1.Nc1ccccc1.c1ccc(CN(Cc2ccccc2)c2ccccc2)cc1. The molecule has 2 nitrogen and oxygen atoms in total. The van der Waals surface area contributed by atoms with Crippen LogP contribution in [0.2, 0.25) is 0 Å². The summed E-state index contributed by atoms with van der Waals surface area (Å²) in [5, 5.41) is 0. The summed E-state index contributed by atoms with van der Waals surface area (Å²) in [5.41, 5.74) is 11.3. The number of halogens is 1. The fraction of sp³-hybridized carbons (Fsp3) is 0.118. The maximum Gasteiger partial charge on any atom is 0.0474 e. The van der Waals surface area contributed by atoms with Crippen molar-refractivity contribution in [2.75, 3.05) is 10.6 Å². The molecule has 0 bridgehead atoms. The summed E-state index contributed by atoms with van der Waals surface area (Å²) in [6.07, 6.45) is 0. The van der Waals surface area contributed by atoms with Crippen LogP contribution in [-0.4, -0.2) is 0 Å². The Morgan fingerprint density at radius 2 is 0.784 bits per heavy atom. The Hall–Kier alpha value is -4.01. The van der Waals surface area contributed by atoms with E-state index < -0.39 is 0 Å². The zero-order chi connectivity index (χ0) is 25.3. The second-order valence-corrected chi connectivity index (χ2v) is 8.46. The number of para-hydroxylation sites is 2. The molecule has 2 N–H and O–H groups in total. The van der Waals surface area contributed by atoms with Crippen LogP contribution >= 0.6 is 11.6 Å². The van der Waals surface area contributed by atoms with E-state index in [-0.39, 0.29) is 7.43 Å². The number of rotatable bonds is 6. The largest absolute Gasteiger partial charge is 0.399 e. The van der Waals surface area contributed by atoms with Crippen molar-refractivity contribution < 1.29 is 0 Å². The van der Waals surface area contributed by atoms with Crippen molar-refractivity contribution in [1.29, 1.82) is 0 Å². The van der Waals surface area contributed by atoms with Gasteiger partial charge in [0.2, 0.25) is 0 Å². The number of anilines is 2. The van der Waals surface area contributed by atoms with E-state index in [1.807, 2.05) is 60.7 Å². The number of nitrogens with zero attached hydrogens (tertiary/aromatic N) is 1. The minimum Gasteiger partial charge on any atom is -0.399 e. The number of hydrogen-bond donors (Lipinski definition) is 1. The first kappa shape index (κ1) is 29.2. The highest BCUT2D eigenvalue weighted by molar-refractivity contribution is 6.17. The van der Waals surface area contributed by atoms with Crippen molar-refractivity contribution in [2.45, 2.75) is 26.4 Å². The third-order valence-electron chi connectivity index (χ3n) is 5.35. The topological polar surface area (TPSA) is 29.3 Å². The summed E-state index contributed by atoms with van der Waals surface area (Å²) >= 11 is 5.53. The van der Waals surface area contributed by atoms with Crippen LogP contribution < -0.4 is 10.6 Å². The van der Waals surface area contributed by atoms with Crippen LogP contribution in [0.5, 0.6) is 0 Å². The molecule has 0 spiro atoms. The first-order valence-electron chi connectivity index (χ1n) is 12.0. The van der Waals surface area contributed by atoms with Gasteiger partial charge in [-0.25, -0.2) is 0 Å². The molecule has 0 saturated carbocycles. The lowest BCUT2D eigenvalue weighted by atomic mass is 10.1. The Balaban J connectivity index is 0.000000247. The van der Waals surface area contributed by atoms with Crippen molar-refractivity contribution in [3.63, 3.8) is 0 Å². The van der Waals surface area contributed by atoms with Crippen LogP contribution in [0.25, 0.3) is 0 Å². The Morgan fingerprint density at radius 1 is 0.459 bits per heavy atom. The molecule has 0 fully saturated rings. The van der Waals surface area contributed by atoms with E-state index in [2.05, 4.69) is 95.9 Å². The Morgan fingerprint density at radius 3 is 1.08 bits per heavy atom. The Bertz CT molecular complexity index is 1160. The molecule has 0 aliphatic rings. The fourth-order valence-corrected chi connectivity index (χ4v) is 3.68. The van der Waals surface area contributed by atoms with Gasteiger partial charge in [-0.1, -0.05) is 135 Å². The summed E-state index contributed by atoms with van der Waals surface area (Å²) < 4.78 is 0. The van der Waals surface area contributed by atoms with Crippen molar-refractivity contribution in [2.24, 2.45) is 0 Å². The lowest BCUT2D eigenvalue weighted by Gasteiger charge is -2.25. The summed E-state index contributed by atoms with van der Waals surface area (Å²) in [4.78, 5) is 2.41. The van der Waals surface area contributed by atoms with Gasteiger partial charge in [0.05, 0.1) is 0 Å². The fourth-order valence-electron chi connectivity index (χ4n) is 3.51. The van der Waals surface area contributed by atoms with Crippen LogP contribution in [0.15, 0.2) is 152 Å². The quantitative estimate of drug-likeness (QED) is 0.183. The summed E-state index contributed by atoms with van der Waals surface area (Å²) in [5.74, 6) is 0.612. The maximum absolute atomic E-state index is 5.53. The molecule has 5 aromatic carbocycles. The molecule has 0 aliphatic carbocycles. The number of benzene rings is 5. The molecular formula is C34H37ClN2. The van der Waals surface area contributed by atoms with Gasteiger partial charge in [-0.3, -0.25) is 0 Å². The monoisotopic (exact) mass is 508 g/mol. The summed E-state index contributed by atoms with van der Waals surface area (Å²) in [7, 11) is 0. The lowest BCUT2D eigenvalue weighted by Crippen LogP contribution is -2.21. The van der Waals surface area contributed by atoms with Crippen molar-refractivity contribution in [1.82, 2.24) is 0 Å². The molecule has 0 aliphatic heterocycles. The molecule has 0 amide bonds. The standard InChI is InChI=1S/C20H19N.C7H7Cl.C6H7N.CH4/c1-4-10-18(11-5-1)16-21(20-14-8-3-9-15-20)17-19-12-6-2-7-13-19;8-6-7-4-2-1-3-5-7;7-6-4-2-1-3-5-6;/h1-15H,16-17H2;1-5H,6H2;1-5H,7H2;1H4. The molecule has 0 heterocycles.